The van der Waals surface area contributed by atoms with Crippen LogP contribution in [0.25, 0.3) is 10.8 Å². The highest BCUT2D eigenvalue weighted by Gasteiger charge is 2.20. The third kappa shape index (κ3) is 3.18. The fourth-order valence-corrected chi connectivity index (χ4v) is 2.53. The van der Waals surface area contributed by atoms with E-state index in [2.05, 4.69) is 10.2 Å². The van der Waals surface area contributed by atoms with Crippen molar-refractivity contribution >= 4 is 28.9 Å². The van der Waals surface area contributed by atoms with Crippen LogP contribution in [0.1, 0.15) is 29.3 Å². The van der Waals surface area contributed by atoms with E-state index >= 15 is 0 Å². The zero-order chi connectivity index (χ0) is 15.5. The zero-order valence-electron chi connectivity index (χ0n) is 11.5. The standard InChI is InChI=1S/C15H11ClN2O3S/c1-9(20-15(19)10-4-6-11(16)7-5-10)13-17-18-14(21-13)12-3-2-8-22-12/h2-9H,1H3/t9-/m1/s1. The number of carbonyl (C=O) groups excluding carboxylic acids is 1. The Bertz CT molecular complexity index is 768. The number of rotatable bonds is 4. The number of esters is 1. The molecular weight excluding hydrogens is 324 g/mol. The summed E-state index contributed by atoms with van der Waals surface area (Å²) >= 11 is 7.28. The summed E-state index contributed by atoms with van der Waals surface area (Å²) in [6.07, 6.45) is -0.635. The lowest BCUT2D eigenvalue weighted by molar-refractivity contribution is 0.0280. The van der Waals surface area contributed by atoms with E-state index < -0.39 is 12.1 Å². The van der Waals surface area contributed by atoms with Crippen LogP contribution in [0.3, 0.4) is 0 Å². The predicted molar refractivity (Wildman–Crippen MR) is 82.9 cm³/mol. The lowest BCUT2D eigenvalue weighted by Crippen LogP contribution is -2.09. The molecule has 0 aliphatic heterocycles. The molecule has 0 spiro atoms. The van der Waals surface area contributed by atoms with Gasteiger partial charge in [-0.25, -0.2) is 4.79 Å². The molecule has 7 heteroatoms. The van der Waals surface area contributed by atoms with E-state index in [-0.39, 0.29) is 5.89 Å². The van der Waals surface area contributed by atoms with Gasteiger partial charge in [0.2, 0.25) is 0 Å². The Morgan fingerprint density at radius 2 is 2.05 bits per heavy atom. The molecule has 0 saturated carbocycles. The molecule has 1 atom stereocenters. The van der Waals surface area contributed by atoms with Gasteiger partial charge in [-0.05, 0) is 42.6 Å². The Hall–Kier alpha value is -2.18. The predicted octanol–water partition coefficient (Wildman–Crippen LogP) is 4.37. The van der Waals surface area contributed by atoms with E-state index in [4.69, 9.17) is 20.8 Å². The summed E-state index contributed by atoms with van der Waals surface area (Å²) in [5, 5.41) is 10.4. The smallest absolute Gasteiger partial charge is 0.338 e. The van der Waals surface area contributed by atoms with Gasteiger partial charge in [0, 0.05) is 5.02 Å². The molecule has 0 amide bonds. The molecule has 0 saturated heterocycles. The number of thiophene rings is 1. The molecule has 3 aromatic rings. The summed E-state index contributed by atoms with van der Waals surface area (Å²) in [4.78, 5) is 12.9. The Morgan fingerprint density at radius 1 is 1.27 bits per heavy atom. The summed E-state index contributed by atoms with van der Waals surface area (Å²) in [5.74, 6) is 0.199. The maximum Gasteiger partial charge on any atom is 0.338 e. The lowest BCUT2D eigenvalue weighted by Gasteiger charge is -2.09. The zero-order valence-corrected chi connectivity index (χ0v) is 13.1. The van der Waals surface area contributed by atoms with Crippen LogP contribution in [-0.2, 0) is 4.74 Å². The van der Waals surface area contributed by atoms with E-state index in [0.717, 1.165) is 4.88 Å². The topological polar surface area (TPSA) is 65.2 Å². The molecule has 0 radical (unpaired) electrons. The van der Waals surface area contributed by atoms with Gasteiger partial charge in [0.05, 0.1) is 10.4 Å². The van der Waals surface area contributed by atoms with E-state index in [0.29, 0.717) is 16.5 Å². The highest BCUT2D eigenvalue weighted by atomic mass is 35.5. The van der Waals surface area contributed by atoms with E-state index in [9.17, 15) is 4.79 Å². The second kappa shape index (κ2) is 6.29. The van der Waals surface area contributed by atoms with Crippen molar-refractivity contribution in [3.05, 3.63) is 58.3 Å². The minimum atomic E-state index is -0.635. The summed E-state index contributed by atoms with van der Waals surface area (Å²) in [6.45, 7) is 1.68. The minimum absolute atomic E-state index is 0.255. The number of halogens is 1. The van der Waals surface area contributed by atoms with Crippen molar-refractivity contribution in [2.24, 2.45) is 0 Å². The van der Waals surface area contributed by atoms with Crippen LogP contribution >= 0.6 is 22.9 Å². The number of ether oxygens (including phenoxy) is 1. The fraction of sp³-hybridized carbons (Fsp3) is 0.133. The average Bonchev–Trinajstić information content (AvgIpc) is 3.19. The average molecular weight is 335 g/mol. The van der Waals surface area contributed by atoms with Gasteiger partial charge in [-0.3, -0.25) is 0 Å². The molecule has 0 N–H and O–H groups in total. The summed E-state index contributed by atoms with van der Waals surface area (Å²) < 4.78 is 10.9. The van der Waals surface area contributed by atoms with Crippen molar-refractivity contribution in [3.63, 3.8) is 0 Å². The minimum Gasteiger partial charge on any atom is -0.449 e. The van der Waals surface area contributed by atoms with Crippen LogP contribution in [0.2, 0.25) is 5.02 Å². The number of hydrogen-bond donors (Lipinski definition) is 0. The molecule has 22 heavy (non-hydrogen) atoms. The molecule has 0 aliphatic rings. The van der Waals surface area contributed by atoms with Gasteiger partial charge < -0.3 is 9.15 Å². The number of carbonyl (C=O) groups is 1. The molecule has 112 valence electrons. The summed E-state index contributed by atoms with van der Waals surface area (Å²) in [5.41, 5.74) is 0.411. The Labute approximate surface area is 135 Å². The number of benzene rings is 1. The molecule has 0 bridgehead atoms. The van der Waals surface area contributed by atoms with Gasteiger partial charge in [0.15, 0.2) is 6.10 Å². The Morgan fingerprint density at radius 3 is 2.73 bits per heavy atom. The maximum absolute atomic E-state index is 12.0. The summed E-state index contributed by atoms with van der Waals surface area (Å²) in [6, 6.07) is 10.2. The second-order valence-corrected chi connectivity index (χ2v) is 5.86. The van der Waals surface area contributed by atoms with Crippen LogP contribution < -0.4 is 0 Å². The molecule has 0 fully saturated rings. The van der Waals surface area contributed by atoms with E-state index in [1.54, 1.807) is 31.2 Å². The van der Waals surface area contributed by atoms with E-state index in [1.807, 2.05) is 17.5 Å². The fourth-order valence-electron chi connectivity index (χ4n) is 1.76. The lowest BCUT2D eigenvalue weighted by atomic mass is 10.2. The third-order valence-electron chi connectivity index (χ3n) is 2.88. The first-order valence-corrected chi connectivity index (χ1v) is 7.73. The van der Waals surface area contributed by atoms with Gasteiger partial charge in [-0.15, -0.1) is 21.5 Å². The van der Waals surface area contributed by atoms with Crippen molar-refractivity contribution in [3.8, 4) is 10.8 Å². The van der Waals surface area contributed by atoms with Gasteiger partial charge in [-0.1, -0.05) is 17.7 Å². The van der Waals surface area contributed by atoms with Crippen LogP contribution in [0, 0.1) is 0 Å². The molecular formula is C15H11ClN2O3S. The van der Waals surface area contributed by atoms with Gasteiger partial charge >= 0.3 is 5.97 Å². The summed E-state index contributed by atoms with van der Waals surface area (Å²) in [7, 11) is 0. The first-order valence-electron chi connectivity index (χ1n) is 6.47. The molecule has 5 nitrogen and oxygen atoms in total. The normalized spacial score (nSPS) is 12.1. The first-order chi connectivity index (χ1) is 10.6. The van der Waals surface area contributed by atoms with Crippen LogP contribution in [0.4, 0.5) is 0 Å². The second-order valence-electron chi connectivity index (χ2n) is 4.48. The van der Waals surface area contributed by atoms with Crippen molar-refractivity contribution < 1.29 is 13.9 Å². The van der Waals surface area contributed by atoms with Crippen LogP contribution in [0.15, 0.2) is 46.2 Å². The molecule has 2 aromatic heterocycles. The Balaban J connectivity index is 1.70. The highest BCUT2D eigenvalue weighted by Crippen LogP contribution is 2.26. The molecule has 0 aliphatic carbocycles. The van der Waals surface area contributed by atoms with Crippen molar-refractivity contribution in [2.45, 2.75) is 13.0 Å². The Kier molecular flexibility index (Phi) is 4.22. The molecule has 0 unspecified atom stereocenters. The third-order valence-corrected chi connectivity index (χ3v) is 3.99. The van der Waals surface area contributed by atoms with Crippen LogP contribution in [-0.4, -0.2) is 16.2 Å². The molecule has 2 heterocycles. The maximum atomic E-state index is 12.0. The first kappa shape index (κ1) is 14.7. The highest BCUT2D eigenvalue weighted by molar-refractivity contribution is 7.13. The SMILES string of the molecule is C[C@@H](OC(=O)c1ccc(Cl)cc1)c1nnc(-c2cccs2)o1. The van der Waals surface area contributed by atoms with Gasteiger partial charge in [-0.2, -0.15) is 0 Å². The van der Waals surface area contributed by atoms with E-state index in [1.165, 1.54) is 11.3 Å². The quantitative estimate of drug-likeness (QED) is 0.663. The number of hydrogen-bond acceptors (Lipinski definition) is 6. The van der Waals surface area contributed by atoms with Gasteiger partial charge in [0.25, 0.3) is 11.8 Å². The van der Waals surface area contributed by atoms with Crippen LogP contribution in [0.5, 0.6) is 0 Å². The van der Waals surface area contributed by atoms with Crippen molar-refractivity contribution in [2.75, 3.05) is 0 Å². The van der Waals surface area contributed by atoms with Gasteiger partial charge in [0.1, 0.15) is 0 Å². The van der Waals surface area contributed by atoms with Crippen molar-refractivity contribution in [1.29, 1.82) is 0 Å². The molecule has 1 aromatic carbocycles. The number of nitrogens with zero attached hydrogens (tertiary/aromatic N) is 2. The van der Waals surface area contributed by atoms with Crippen molar-refractivity contribution in [1.82, 2.24) is 10.2 Å². The monoisotopic (exact) mass is 334 g/mol. The largest absolute Gasteiger partial charge is 0.449 e. The molecule has 3 rings (SSSR count). The number of aromatic nitrogens is 2.